The molecular formula is C22H26ClN3O4. The van der Waals surface area contributed by atoms with Gasteiger partial charge in [-0.15, -0.1) is 0 Å². The largest absolute Gasteiger partial charge is 0.490 e. The third-order valence-electron chi connectivity index (χ3n) is 3.81. The number of aryl methyl sites for hydroxylation is 1. The highest BCUT2D eigenvalue weighted by molar-refractivity contribution is 6.31. The maximum atomic E-state index is 12.0. The van der Waals surface area contributed by atoms with Gasteiger partial charge in [-0.05, 0) is 69.2 Å². The molecule has 0 atom stereocenters. The second-order valence-electron chi connectivity index (χ2n) is 6.79. The zero-order valence-electron chi connectivity index (χ0n) is 17.5. The minimum absolute atomic E-state index is 0.0186. The molecule has 0 fully saturated rings. The second kappa shape index (κ2) is 11.2. The van der Waals surface area contributed by atoms with E-state index in [0.29, 0.717) is 34.4 Å². The molecule has 0 aliphatic heterocycles. The average molecular weight is 432 g/mol. The Kier molecular flexibility index (Phi) is 8.68. The van der Waals surface area contributed by atoms with Crippen molar-refractivity contribution in [3.8, 4) is 11.5 Å². The molecule has 0 radical (unpaired) electrons. The number of benzene rings is 2. The molecule has 30 heavy (non-hydrogen) atoms. The van der Waals surface area contributed by atoms with E-state index in [4.69, 9.17) is 21.1 Å². The highest BCUT2D eigenvalue weighted by Gasteiger charge is 2.10. The molecular weight excluding hydrogens is 406 g/mol. The molecule has 2 aromatic rings. The number of carbonyl (C=O) groups is 2. The van der Waals surface area contributed by atoms with Crippen LogP contribution in [0.15, 0.2) is 41.5 Å². The molecule has 0 saturated carbocycles. The van der Waals surface area contributed by atoms with Crippen LogP contribution in [-0.4, -0.2) is 30.7 Å². The lowest BCUT2D eigenvalue weighted by atomic mass is 10.2. The van der Waals surface area contributed by atoms with E-state index in [1.165, 1.54) is 6.21 Å². The van der Waals surface area contributed by atoms with E-state index in [1.54, 1.807) is 36.4 Å². The predicted molar refractivity (Wildman–Crippen MR) is 119 cm³/mol. The van der Waals surface area contributed by atoms with Crippen LogP contribution in [0.4, 0.5) is 5.69 Å². The van der Waals surface area contributed by atoms with Crippen molar-refractivity contribution in [2.75, 3.05) is 11.9 Å². The molecule has 2 rings (SSSR count). The topological polar surface area (TPSA) is 89.0 Å². The van der Waals surface area contributed by atoms with Crippen molar-refractivity contribution in [2.24, 2.45) is 5.10 Å². The van der Waals surface area contributed by atoms with E-state index in [1.807, 2.05) is 27.7 Å². The first-order valence-electron chi connectivity index (χ1n) is 9.60. The van der Waals surface area contributed by atoms with Crippen molar-refractivity contribution < 1.29 is 19.1 Å². The maximum Gasteiger partial charge on any atom is 0.249 e. The molecule has 0 aliphatic carbocycles. The first-order valence-corrected chi connectivity index (χ1v) is 9.97. The van der Waals surface area contributed by atoms with Crippen LogP contribution in [0.1, 0.15) is 38.3 Å². The Hall–Kier alpha value is -3.06. The summed E-state index contributed by atoms with van der Waals surface area (Å²) in [6, 6.07) is 10.5. The van der Waals surface area contributed by atoms with Crippen LogP contribution in [-0.2, 0) is 9.59 Å². The van der Waals surface area contributed by atoms with Gasteiger partial charge in [-0.3, -0.25) is 9.59 Å². The second-order valence-corrected chi connectivity index (χ2v) is 7.20. The number of halogens is 1. The van der Waals surface area contributed by atoms with Crippen molar-refractivity contribution >= 4 is 35.3 Å². The summed E-state index contributed by atoms with van der Waals surface area (Å²) in [7, 11) is 0. The molecule has 2 amide bonds. The van der Waals surface area contributed by atoms with Crippen LogP contribution in [0.3, 0.4) is 0 Å². The number of nitrogens with one attached hydrogen (secondary N) is 2. The molecule has 0 bridgehead atoms. The lowest BCUT2D eigenvalue weighted by Gasteiger charge is -2.14. The SMILES string of the molecule is CCOc1cc(C=NNC(=O)CC(=O)Nc2ccc(C)c(Cl)c2)ccc1OC(C)C. The number of hydrogen-bond donors (Lipinski definition) is 2. The molecule has 7 nitrogen and oxygen atoms in total. The zero-order valence-corrected chi connectivity index (χ0v) is 18.2. The van der Waals surface area contributed by atoms with Gasteiger partial charge in [-0.25, -0.2) is 5.43 Å². The van der Waals surface area contributed by atoms with Crippen LogP contribution < -0.4 is 20.2 Å². The predicted octanol–water partition coefficient (Wildman–Crippen LogP) is 4.31. The molecule has 0 unspecified atom stereocenters. The van der Waals surface area contributed by atoms with Crippen LogP contribution in [0, 0.1) is 6.92 Å². The zero-order chi connectivity index (χ0) is 22.1. The summed E-state index contributed by atoms with van der Waals surface area (Å²) in [6.45, 7) is 8.11. The summed E-state index contributed by atoms with van der Waals surface area (Å²) in [5.74, 6) is 0.238. The number of anilines is 1. The van der Waals surface area contributed by atoms with Crippen molar-refractivity contribution in [2.45, 2.75) is 40.2 Å². The highest BCUT2D eigenvalue weighted by Crippen LogP contribution is 2.29. The van der Waals surface area contributed by atoms with Crippen molar-refractivity contribution in [1.29, 1.82) is 0 Å². The van der Waals surface area contributed by atoms with Gasteiger partial charge >= 0.3 is 0 Å². The molecule has 0 spiro atoms. The van der Waals surface area contributed by atoms with Gasteiger partial charge in [0.2, 0.25) is 11.8 Å². The first kappa shape index (κ1) is 23.2. The van der Waals surface area contributed by atoms with E-state index in [9.17, 15) is 9.59 Å². The number of rotatable bonds is 9. The minimum atomic E-state index is -0.535. The Morgan fingerprint density at radius 1 is 1.13 bits per heavy atom. The van der Waals surface area contributed by atoms with E-state index in [-0.39, 0.29) is 12.5 Å². The first-order chi connectivity index (χ1) is 14.3. The smallest absolute Gasteiger partial charge is 0.249 e. The van der Waals surface area contributed by atoms with Gasteiger partial charge in [0.15, 0.2) is 11.5 Å². The molecule has 160 valence electrons. The minimum Gasteiger partial charge on any atom is -0.490 e. The fourth-order valence-corrected chi connectivity index (χ4v) is 2.65. The van der Waals surface area contributed by atoms with E-state index >= 15 is 0 Å². The normalized spacial score (nSPS) is 10.9. The number of amides is 2. The molecule has 0 aromatic heterocycles. The third-order valence-corrected chi connectivity index (χ3v) is 4.22. The third kappa shape index (κ3) is 7.40. The van der Waals surface area contributed by atoms with Gasteiger partial charge in [0.05, 0.1) is 18.9 Å². The lowest BCUT2D eigenvalue weighted by Crippen LogP contribution is -2.24. The summed E-state index contributed by atoms with van der Waals surface area (Å²) in [5.41, 5.74) is 4.48. The van der Waals surface area contributed by atoms with Gasteiger partial charge in [0, 0.05) is 10.7 Å². The Balaban J connectivity index is 1.90. The van der Waals surface area contributed by atoms with Crippen molar-refractivity contribution in [3.63, 3.8) is 0 Å². The number of hydrogen-bond acceptors (Lipinski definition) is 5. The summed E-state index contributed by atoms with van der Waals surface area (Å²) in [4.78, 5) is 23.9. The quantitative estimate of drug-likeness (QED) is 0.351. The number of carbonyl (C=O) groups excluding carboxylic acids is 2. The number of hydrazone groups is 1. The Morgan fingerprint density at radius 3 is 2.57 bits per heavy atom. The summed E-state index contributed by atoms with van der Waals surface area (Å²) in [6.07, 6.45) is 1.12. The Bertz CT molecular complexity index is 929. The Morgan fingerprint density at radius 2 is 1.90 bits per heavy atom. The van der Waals surface area contributed by atoms with Crippen LogP contribution >= 0.6 is 11.6 Å². The fourth-order valence-electron chi connectivity index (χ4n) is 2.46. The van der Waals surface area contributed by atoms with Crippen LogP contribution in [0.2, 0.25) is 5.02 Å². The highest BCUT2D eigenvalue weighted by atomic mass is 35.5. The van der Waals surface area contributed by atoms with Gasteiger partial charge in [0.1, 0.15) is 6.42 Å². The van der Waals surface area contributed by atoms with Gasteiger partial charge in [-0.1, -0.05) is 17.7 Å². The monoisotopic (exact) mass is 431 g/mol. The molecule has 2 aromatic carbocycles. The molecule has 2 N–H and O–H groups in total. The molecule has 0 aliphatic rings. The fraction of sp³-hybridized carbons (Fsp3) is 0.318. The van der Waals surface area contributed by atoms with E-state index < -0.39 is 11.8 Å². The molecule has 0 saturated heterocycles. The van der Waals surface area contributed by atoms with Crippen LogP contribution in [0.5, 0.6) is 11.5 Å². The maximum absolute atomic E-state index is 12.0. The lowest BCUT2D eigenvalue weighted by molar-refractivity contribution is -0.126. The molecule has 8 heteroatoms. The number of nitrogens with zero attached hydrogens (tertiary/aromatic N) is 1. The van der Waals surface area contributed by atoms with Crippen molar-refractivity contribution in [1.82, 2.24) is 5.43 Å². The molecule has 0 heterocycles. The summed E-state index contributed by atoms with van der Waals surface area (Å²) < 4.78 is 11.3. The van der Waals surface area contributed by atoms with E-state index in [2.05, 4.69) is 15.8 Å². The summed E-state index contributed by atoms with van der Waals surface area (Å²) in [5, 5.41) is 7.06. The van der Waals surface area contributed by atoms with Crippen LogP contribution in [0.25, 0.3) is 0 Å². The van der Waals surface area contributed by atoms with Crippen molar-refractivity contribution in [3.05, 3.63) is 52.5 Å². The average Bonchev–Trinajstić information content (AvgIpc) is 2.66. The summed E-state index contributed by atoms with van der Waals surface area (Å²) >= 11 is 6.03. The Labute approximate surface area is 181 Å². The standard InChI is InChI=1S/C22H26ClN3O4/c1-5-29-20-10-16(7-9-19(20)30-14(2)3)13-24-26-22(28)12-21(27)25-17-8-6-15(4)18(23)11-17/h6-11,13-14H,5,12H2,1-4H3,(H,25,27)(H,26,28). The van der Waals surface area contributed by atoms with Gasteiger partial charge < -0.3 is 14.8 Å². The van der Waals surface area contributed by atoms with E-state index in [0.717, 1.165) is 5.56 Å². The number of ether oxygens (including phenoxy) is 2. The van der Waals surface area contributed by atoms with Gasteiger partial charge in [0.25, 0.3) is 0 Å². The van der Waals surface area contributed by atoms with Gasteiger partial charge in [-0.2, -0.15) is 5.10 Å².